The Kier molecular flexibility index (Phi) is 6.40. The van der Waals surface area contributed by atoms with E-state index in [1.807, 2.05) is 13.8 Å². The average Bonchev–Trinajstić information content (AvgIpc) is 2.17. The smallest absolute Gasteiger partial charge is 0.243 e. The van der Waals surface area contributed by atoms with Gasteiger partial charge < -0.3 is 10.1 Å². The summed E-state index contributed by atoms with van der Waals surface area (Å²) in [6, 6.07) is 0. The fourth-order valence-corrected chi connectivity index (χ4v) is 2.30. The number of unbranched alkanes of at least 4 members (excludes halogenated alkanes) is 1. The van der Waals surface area contributed by atoms with Crippen LogP contribution in [-0.4, -0.2) is 39.9 Å². The van der Waals surface area contributed by atoms with Crippen molar-refractivity contribution in [1.29, 1.82) is 0 Å². The zero-order chi connectivity index (χ0) is 11.9. The molecule has 0 aromatic carbocycles. The molecule has 0 bridgehead atoms. The molecule has 0 spiro atoms. The van der Waals surface area contributed by atoms with Crippen LogP contribution in [0.4, 0.5) is 0 Å². The SMILES string of the molecule is CCCCSC(C)(C)C(=O)N(C)C=NO. The number of amides is 1. The molecular weight excluding hydrogens is 212 g/mol. The molecule has 0 aliphatic heterocycles. The lowest BCUT2D eigenvalue weighted by molar-refractivity contribution is -0.127. The number of carbonyl (C=O) groups is 1. The summed E-state index contributed by atoms with van der Waals surface area (Å²) in [6.45, 7) is 5.90. The van der Waals surface area contributed by atoms with Crippen molar-refractivity contribution >= 4 is 24.0 Å². The molecule has 0 atom stereocenters. The third kappa shape index (κ3) is 5.06. The van der Waals surface area contributed by atoms with Gasteiger partial charge in [-0.15, -0.1) is 11.8 Å². The van der Waals surface area contributed by atoms with E-state index in [2.05, 4.69) is 12.1 Å². The Balaban J connectivity index is 4.24. The summed E-state index contributed by atoms with van der Waals surface area (Å²) in [6.07, 6.45) is 3.36. The molecule has 0 saturated heterocycles. The van der Waals surface area contributed by atoms with Crippen LogP contribution in [0, 0.1) is 0 Å². The van der Waals surface area contributed by atoms with Crippen molar-refractivity contribution in [1.82, 2.24) is 4.90 Å². The standard InChI is InChI=1S/C10H20N2O2S/c1-5-6-7-15-10(2,3)9(13)12(4)8-11-14/h8,14H,5-7H2,1-4H3. The van der Waals surface area contributed by atoms with Crippen LogP contribution in [0.3, 0.4) is 0 Å². The van der Waals surface area contributed by atoms with Crippen LogP contribution in [0.1, 0.15) is 33.6 Å². The Labute approximate surface area is 95.7 Å². The minimum atomic E-state index is -0.467. The number of oxime groups is 1. The molecule has 1 amide bonds. The summed E-state index contributed by atoms with van der Waals surface area (Å²) in [4.78, 5) is 13.2. The average molecular weight is 232 g/mol. The minimum absolute atomic E-state index is 0.0543. The summed E-state index contributed by atoms with van der Waals surface area (Å²) >= 11 is 1.63. The first-order valence-electron chi connectivity index (χ1n) is 5.04. The van der Waals surface area contributed by atoms with Gasteiger partial charge in [-0.2, -0.15) is 0 Å². The molecule has 0 heterocycles. The van der Waals surface area contributed by atoms with E-state index in [4.69, 9.17) is 5.21 Å². The fraction of sp³-hybridized carbons (Fsp3) is 0.800. The van der Waals surface area contributed by atoms with Crippen LogP contribution >= 0.6 is 11.8 Å². The van der Waals surface area contributed by atoms with Crippen molar-refractivity contribution < 1.29 is 10.0 Å². The third-order valence-electron chi connectivity index (χ3n) is 2.02. The summed E-state index contributed by atoms with van der Waals surface area (Å²) in [5.74, 6) is 0.917. The van der Waals surface area contributed by atoms with E-state index in [0.29, 0.717) is 0 Å². The highest BCUT2D eigenvalue weighted by molar-refractivity contribution is 8.01. The highest BCUT2D eigenvalue weighted by Crippen LogP contribution is 2.27. The molecule has 15 heavy (non-hydrogen) atoms. The van der Waals surface area contributed by atoms with Gasteiger partial charge in [-0.25, -0.2) is 0 Å². The van der Waals surface area contributed by atoms with Gasteiger partial charge in [0.1, 0.15) is 6.34 Å². The molecule has 0 saturated carbocycles. The Hall–Kier alpha value is -0.710. The van der Waals surface area contributed by atoms with Gasteiger partial charge in [-0.3, -0.25) is 4.79 Å². The summed E-state index contributed by atoms with van der Waals surface area (Å²) in [5.41, 5.74) is 0. The number of carbonyl (C=O) groups excluding carboxylic acids is 1. The highest BCUT2D eigenvalue weighted by Gasteiger charge is 2.30. The number of rotatable bonds is 6. The summed E-state index contributed by atoms with van der Waals surface area (Å²) < 4.78 is -0.467. The molecule has 88 valence electrons. The molecule has 0 fully saturated rings. The van der Waals surface area contributed by atoms with E-state index in [-0.39, 0.29) is 5.91 Å². The number of hydrogen-bond donors (Lipinski definition) is 1. The molecule has 0 rings (SSSR count). The summed E-state index contributed by atoms with van der Waals surface area (Å²) in [5, 5.41) is 11.2. The van der Waals surface area contributed by atoms with Crippen molar-refractivity contribution in [3.8, 4) is 0 Å². The number of thioether (sulfide) groups is 1. The predicted molar refractivity (Wildman–Crippen MR) is 64.5 cm³/mol. The first kappa shape index (κ1) is 14.3. The van der Waals surface area contributed by atoms with Crippen molar-refractivity contribution in [2.75, 3.05) is 12.8 Å². The van der Waals surface area contributed by atoms with Gasteiger partial charge in [-0.1, -0.05) is 18.5 Å². The zero-order valence-corrected chi connectivity index (χ0v) is 10.7. The molecule has 1 N–H and O–H groups in total. The molecule has 0 aliphatic carbocycles. The van der Waals surface area contributed by atoms with Gasteiger partial charge in [0, 0.05) is 7.05 Å². The molecule has 4 nitrogen and oxygen atoms in total. The maximum Gasteiger partial charge on any atom is 0.243 e. The number of hydrogen-bond acceptors (Lipinski definition) is 4. The Morgan fingerprint density at radius 1 is 1.60 bits per heavy atom. The monoisotopic (exact) mass is 232 g/mol. The van der Waals surface area contributed by atoms with Crippen LogP contribution in [0.25, 0.3) is 0 Å². The summed E-state index contributed by atoms with van der Waals surface area (Å²) in [7, 11) is 1.59. The lowest BCUT2D eigenvalue weighted by atomic mass is 10.2. The van der Waals surface area contributed by atoms with Crippen LogP contribution < -0.4 is 0 Å². The third-order valence-corrected chi connectivity index (χ3v) is 3.41. The van der Waals surface area contributed by atoms with E-state index in [9.17, 15) is 4.79 Å². The van der Waals surface area contributed by atoms with Gasteiger partial charge in [0.05, 0.1) is 4.75 Å². The van der Waals surface area contributed by atoms with Gasteiger partial charge in [0.25, 0.3) is 0 Å². The lowest BCUT2D eigenvalue weighted by Gasteiger charge is -2.26. The first-order valence-corrected chi connectivity index (χ1v) is 6.03. The normalized spacial score (nSPS) is 12.0. The Morgan fingerprint density at radius 3 is 2.67 bits per heavy atom. The van der Waals surface area contributed by atoms with Crippen LogP contribution in [0.5, 0.6) is 0 Å². The van der Waals surface area contributed by atoms with E-state index in [0.717, 1.165) is 24.9 Å². The van der Waals surface area contributed by atoms with Crippen molar-refractivity contribution in [2.45, 2.75) is 38.4 Å². The van der Waals surface area contributed by atoms with Crippen molar-refractivity contribution in [3.05, 3.63) is 0 Å². The van der Waals surface area contributed by atoms with Crippen LogP contribution in [-0.2, 0) is 4.79 Å². The predicted octanol–water partition coefficient (Wildman–Crippen LogP) is 2.17. The van der Waals surface area contributed by atoms with E-state index in [1.54, 1.807) is 18.8 Å². The van der Waals surface area contributed by atoms with Crippen LogP contribution in [0.15, 0.2) is 5.16 Å². The maximum atomic E-state index is 11.9. The van der Waals surface area contributed by atoms with E-state index >= 15 is 0 Å². The van der Waals surface area contributed by atoms with E-state index in [1.165, 1.54) is 4.90 Å². The molecular formula is C10H20N2O2S. The largest absolute Gasteiger partial charge is 0.410 e. The van der Waals surface area contributed by atoms with Gasteiger partial charge in [0.15, 0.2) is 0 Å². The second-order valence-electron chi connectivity index (χ2n) is 3.86. The van der Waals surface area contributed by atoms with E-state index < -0.39 is 4.75 Å². The highest BCUT2D eigenvalue weighted by atomic mass is 32.2. The molecule has 0 unspecified atom stereocenters. The minimum Gasteiger partial charge on any atom is -0.410 e. The quantitative estimate of drug-likeness (QED) is 0.251. The second kappa shape index (κ2) is 6.71. The Morgan fingerprint density at radius 2 is 2.20 bits per heavy atom. The topological polar surface area (TPSA) is 52.9 Å². The van der Waals surface area contributed by atoms with Gasteiger partial charge >= 0.3 is 0 Å². The molecule has 0 aromatic rings. The lowest BCUT2D eigenvalue weighted by Crippen LogP contribution is -2.40. The zero-order valence-electron chi connectivity index (χ0n) is 9.86. The van der Waals surface area contributed by atoms with Gasteiger partial charge in [-0.05, 0) is 26.0 Å². The van der Waals surface area contributed by atoms with Gasteiger partial charge in [0.2, 0.25) is 5.91 Å². The van der Waals surface area contributed by atoms with Crippen molar-refractivity contribution in [2.24, 2.45) is 5.16 Å². The molecule has 0 aromatic heterocycles. The van der Waals surface area contributed by atoms with Crippen molar-refractivity contribution in [3.63, 3.8) is 0 Å². The first-order chi connectivity index (χ1) is 6.95. The molecule has 0 aliphatic rings. The molecule has 0 radical (unpaired) electrons. The number of nitrogens with zero attached hydrogens (tertiary/aromatic N) is 2. The van der Waals surface area contributed by atoms with Crippen LogP contribution in [0.2, 0.25) is 0 Å². The molecule has 5 heteroatoms. The fourth-order valence-electron chi connectivity index (χ4n) is 1.09. The second-order valence-corrected chi connectivity index (χ2v) is 5.58. The Bertz CT molecular complexity index is 229. The maximum absolute atomic E-state index is 11.9.